The Labute approximate surface area is 156 Å². The van der Waals surface area contributed by atoms with E-state index in [1.54, 1.807) is 24.4 Å². The molecule has 3 rings (SSSR count). The topological polar surface area (TPSA) is 35.8 Å². The van der Waals surface area contributed by atoms with E-state index in [1.165, 1.54) is 0 Å². The fraction of sp³-hybridized carbons (Fsp3) is 0. The quantitative estimate of drug-likeness (QED) is 0.564. The Morgan fingerprint density at radius 3 is 2.40 bits per heavy atom. The molecule has 0 spiro atoms. The van der Waals surface area contributed by atoms with Crippen molar-refractivity contribution in [3.63, 3.8) is 0 Å². The molecule has 122 valence electrons. The largest absolute Gasteiger partial charge is 0.361 e. The van der Waals surface area contributed by atoms with Gasteiger partial charge in [-0.25, -0.2) is 0 Å². The molecule has 0 bridgehead atoms. The number of anilines is 1. The highest BCUT2D eigenvalue weighted by Crippen LogP contribution is 2.29. The molecule has 1 N–H and O–H groups in total. The van der Waals surface area contributed by atoms with Crippen molar-refractivity contribution in [2.45, 2.75) is 0 Å². The van der Waals surface area contributed by atoms with Crippen LogP contribution in [0.5, 0.6) is 0 Å². The second kappa shape index (κ2) is 7.90. The molecule has 0 aliphatic carbocycles. The van der Waals surface area contributed by atoms with Crippen molar-refractivity contribution in [3.8, 4) is 17.2 Å². The zero-order chi connectivity index (χ0) is 17.6. The van der Waals surface area contributed by atoms with Crippen LogP contribution in [0.2, 0.25) is 10.0 Å². The summed E-state index contributed by atoms with van der Waals surface area (Å²) in [6, 6.07) is 23.5. The molecule has 2 nitrogen and oxygen atoms in total. The van der Waals surface area contributed by atoms with Gasteiger partial charge in [0, 0.05) is 28.0 Å². The van der Waals surface area contributed by atoms with Gasteiger partial charge in [-0.2, -0.15) is 5.26 Å². The van der Waals surface area contributed by atoms with Gasteiger partial charge < -0.3 is 5.32 Å². The number of hydrogen-bond acceptors (Lipinski definition) is 2. The summed E-state index contributed by atoms with van der Waals surface area (Å²) in [6.45, 7) is 0. The van der Waals surface area contributed by atoms with E-state index >= 15 is 0 Å². The zero-order valence-corrected chi connectivity index (χ0v) is 14.7. The molecule has 0 saturated heterocycles. The second-order valence-electron chi connectivity index (χ2n) is 5.35. The molecular weight excluding hydrogens is 351 g/mol. The Bertz CT molecular complexity index is 957. The third-order valence-corrected chi connectivity index (χ3v) is 4.25. The van der Waals surface area contributed by atoms with Gasteiger partial charge in [-0.3, -0.25) is 0 Å². The molecule has 0 unspecified atom stereocenters. The van der Waals surface area contributed by atoms with Crippen LogP contribution >= 0.6 is 23.2 Å². The molecule has 25 heavy (non-hydrogen) atoms. The first-order chi connectivity index (χ1) is 12.2. The lowest BCUT2D eigenvalue weighted by Crippen LogP contribution is -1.92. The van der Waals surface area contributed by atoms with Crippen LogP contribution in [0.4, 0.5) is 5.69 Å². The molecule has 3 aromatic carbocycles. The summed E-state index contributed by atoms with van der Waals surface area (Å²) < 4.78 is 0. The van der Waals surface area contributed by atoms with E-state index in [2.05, 4.69) is 29.6 Å². The predicted octanol–water partition coefficient (Wildman–Crippen LogP) is 6.61. The monoisotopic (exact) mass is 364 g/mol. The van der Waals surface area contributed by atoms with Crippen LogP contribution in [0, 0.1) is 11.3 Å². The van der Waals surface area contributed by atoms with Gasteiger partial charge in [0.2, 0.25) is 0 Å². The summed E-state index contributed by atoms with van der Waals surface area (Å²) in [5, 5.41) is 13.4. The van der Waals surface area contributed by atoms with Gasteiger partial charge in [-0.15, -0.1) is 0 Å². The summed E-state index contributed by atoms with van der Waals surface area (Å²) in [6.07, 6.45) is 3.55. The molecule has 0 aliphatic rings. The first kappa shape index (κ1) is 17.1. The average Bonchev–Trinajstić information content (AvgIpc) is 2.64. The number of rotatable bonds is 4. The first-order valence-corrected chi connectivity index (χ1v) is 8.41. The lowest BCUT2D eigenvalue weighted by Gasteiger charge is -2.09. The summed E-state index contributed by atoms with van der Waals surface area (Å²) >= 11 is 12.2. The van der Waals surface area contributed by atoms with E-state index in [0.29, 0.717) is 21.2 Å². The molecular formula is C21H14Cl2N2. The molecule has 4 heteroatoms. The second-order valence-corrected chi connectivity index (χ2v) is 6.19. The first-order valence-electron chi connectivity index (χ1n) is 7.65. The van der Waals surface area contributed by atoms with Gasteiger partial charge in [0.05, 0.1) is 16.7 Å². The van der Waals surface area contributed by atoms with Crippen LogP contribution in [-0.4, -0.2) is 0 Å². The number of nitriles is 1. The van der Waals surface area contributed by atoms with Crippen LogP contribution in [0.15, 0.2) is 72.9 Å². The lowest BCUT2D eigenvalue weighted by molar-refractivity contribution is 1.47. The van der Waals surface area contributed by atoms with Gasteiger partial charge >= 0.3 is 0 Å². The summed E-state index contributed by atoms with van der Waals surface area (Å²) in [5.41, 5.74) is 4.26. The van der Waals surface area contributed by atoms with E-state index in [1.807, 2.05) is 36.4 Å². The smallest absolute Gasteiger partial charge is 0.0999 e. The molecule has 0 radical (unpaired) electrons. The maximum absolute atomic E-state index is 9.25. The number of para-hydroxylation sites is 1. The van der Waals surface area contributed by atoms with Crippen LogP contribution in [0.25, 0.3) is 17.2 Å². The van der Waals surface area contributed by atoms with E-state index in [0.717, 1.165) is 16.8 Å². The SMILES string of the molecule is N#Cc1cc(Cl)cc(Cl)c1C=CNc1ccccc1-c1ccccc1. The normalized spacial score (nSPS) is 10.6. The summed E-state index contributed by atoms with van der Waals surface area (Å²) in [5.74, 6) is 0. The lowest BCUT2D eigenvalue weighted by atomic mass is 10.0. The molecule has 0 atom stereocenters. The van der Waals surface area contributed by atoms with Crippen LogP contribution in [0.1, 0.15) is 11.1 Å². The number of halogens is 2. The van der Waals surface area contributed by atoms with Gasteiger partial charge in [0.15, 0.2) is 0 Å². The van der Waals surface area contributed by atoms with Crippen molar-refractivity contribution in [2.75, 3.05) is 5.32 Å². The highest BCUT2D eigenvalue weighted by Gasteiger charge is 2.07. The molecule has 0 aromatic heterocycles. The van der Waals surface area contributed by atoms with Gasteiger partial charge in [-0.05, 0) is 29.8 Å². The fourth-order valence-corrected chi connectivity index (χ4v) is 3.10. The van der Waals surface area contributed by atoms with Crippen LogP contribution in [0.3, 0.4) is 0 Å². The van der Waals surface area contributed by atoms with Crippen molar-refractivity contribution in [2.24, 2.45) is 0 Å². The third-order valence-electron chi connectivity index (χ3n) is 3.72. The number of benzene rings is 3. The highest BCUT2D eigenvalue weighted by molar-refractivity contribution is 6.35. The molecule has 0 aliphatic heterocycles. The minimum Gasteiger partial charge on any atom is -0.361 e. The van der Waals surface area contributed by atoms with Crippen LogP contribution < -0.4 is 5.32 Å². The highest BCUT2D eigenvalue weighted by atomic mass is 35.5. The Morgan fingerprint density at radius 1 is 0.920 bits per heavy atom. The van der Waals surface area contributed by atoms with Crippen molar-refractivity contribution in [1.82, 2.24) is 0 Å². The Hall–Kier alpha value is -2.73. The minimum absolute atomic E-state index is 0.437. The average molecular weight is 365 g/mol. The van der Waals surface area contributed by atoms with E-state index in [-0.39, 0.29) is 0 Å². The van der Waals surface area contributed by atoms with Crippen LogP contribution in [-0.2, 0) is 0 Å². The van der Waals surface area contributed by atoms with E-state index in [9.17, 15) is 5.26 Å². The van der Waals surface area contributed by atoms with Crippen molar-refractivity contribution >= 4 is 35.0 Å². The summed E-state index contributed by atoms with van der Waals surface area (Å²) in [7, 11) is 0. The van der Waals surface area contributed by atoms with Gasteiger partial charge in [-0.1, -0.05) is 71.7 Å². The maximum Gasteiger partial charge on any atom is 0.0999 e. The molecule has 3 aromatic rings. The van der Waals surface area contributed by atoms with Gasteiger partial charge in [0.1, 0.15) is 0 Å². The zero-order valence-electron chi connectivity index (χ0n) is 13.2. The molecule has 0 amide bonds. The van der Waals surface area contributed by atoms with E-state index in [4.69, 9.17) is 23.2 Å². The Balaban J connectivity index is 1.89. The third kappa shape index (κ3) is 4.03. The Morgan fingerprint density at radius 2 is 1.64 bits per heavy atom. The minimum atomic E-state index is 0.437. The van der Waals surface area contributed by atoms with Crippen molar-refractivity contribution in [3.05, 3.63) is 94.1 Å². The standard InChI is InChI=1S/C21H14Cl2N2/c22-17-12-16(14-24)18(20(23)13-17)10-11-25-21-9-5-4-8-19(21)15-6-2-1-3-7-15/h1-13,25H. The molecule has 0 heterocycles. The maximum atomic E-state index is 9.25. The van der Waals surface area contributed by atoms with E-state index < -0.39 is 0 Å². The predicted molar refractivity (Wildman–Crippen MR) is 106 cm³/mol. The molecule has 0 fully saturated rings. The fourth-order valence-electron chi connectivity index (χ4n) is 2.54. The van der Waals surface area contributed by atoms with Crippen molar-refractivity contribution < 1.29 is 0 Å². The number of nitrogens with zero attached hydrogens (tertiary/aromatic N) is 1. The summed E-state index contributed by atoms with van der Waals surface area (Å²) in [4.78, 5) is 0. The number of hydrogen-bond donors (Lipinski definition) is 1. The van der Waals surface area contributed by atoms with Gasteiger partial charge in [0.25, 0.3) is 0 Å². The Kier molecular flexibility index (Phi) is 5.40. The molecule has 0 saturated carbocycles. The number of nitrogens with one attached hydrogen (secondary N) is 1. The van der Waals surface area contributed by atoms with Crippen molar-refractivity contribution in [1.29, 1.82) is 5.26 Å².